The van der Waals surface area contributed by atoms with Gasteiger partial charge in [-0.3, -0.25) is 4.98 Å². The molecule has 0 unspecified atom stereocenters. The van der Waals surface area contributed by atoms with Crippen LogP contribution >= 0.6 is 0 Å². The van der Waals surface area contributed by atoms with E-state index in [-0.39, 0.29) is 25.7 Å². The molecule has 11 aromatic rings. The molecule has 0 atom stereocenters. The predicted molar refractivity (Wildman–Crippen MR) is 277 cm³/mol. The molecular weight excluding hydrogens is 1040 g/mol. The molecule has 1 radical (unpaired) electrons. The number of furan rings is 1. The Morgan fingerprint density at radius 3 is 2.09 bits per heavy atom. The molecule has 329 valence electrons. The molecule has 8 aromatic carbocycles. The number of aromatic nitrogens is 3. The van der Waals surface area contributed by atoms with Crippen molar-refractivity contribution >= 4 is 72.2 Å². The number of imidazole rings is 1. The molecule has 0 aliphatic heterocycles. The van der Waals surface area contributed by atoms with Gasteiger partial charge in [-0.2, -0.15) is 0 Å². The Labute approximate surface area is 411 Å². The van der Waals surface area contributed by atoms with Gasteiger partial charge in [-0.15, -0.1) is 18.2 Å². The second-order valence-electron chi connectivity index (χ2n) is 18.2. The summed E-state index contributed by atoms with van der Waals surface area (Å²) in [4.78, 5) is 9.71. The van der Waals surface area contributed by atoms with Crippen LogP contribution in [0.3, 0.4) is 0 Å². The van der Waals surface area contributed by atoms with Crippen LogP contribution in [0.25, 0.3) is 94.0 Å². The second-order valence-corrected chi connectivity index (χ2v) is 28.9. The van der Waals surface area contributed by atoms with Crippen LogP contribution in [-0.2, 0) is 20.1 Å². The molecule has 3 heterocycles. The van der Waals surface area contributed by atoms with Crippen molar-refractivity contribution in [1.29, 1.82) is 0 Å². The van der Waals surface area contributed by atoms with Crippen LogP contribution in [0.2, 0.25) is 17.3 Å². The molecule has 0 aliphatic carbocycles. The summed E-state index contributed by atoms with van der Waals surface area (Å²) >= 11 is -1.72. The van der Waals surface area contributed by atoms with Gasteiger partial charge in [0.05, 0.1) is 22.4 Å². The zero-order valence-corrected chi connectivity index (χ0v) is 42.7. The summed E-state index contributed by atoms with van der Waals surface area (Å²) in [5, 5.41) is 6.29. The SMILES string of the molecule is [2H]C([2H])([2H])c1cccc2nc(-c3[c-]ccc4c3oc3cc5c(ccc6ccccc65)cc34)n(-c3c(C([2H])(C)C)cc(-c4ccccc4)cc3C([2H])(C)C)c12.[CH3][Ge]([CH3])([CH3])[c]1ccc(-c2[c-]cccc2)nc1.[Ir]. The quantitative estimate of drug-likeness (QED) is 0.0907. The van der Waals surface area contributed by atoms with Crippen molar-refractivity contribution in [3.8, 4) is 39.5 Å². The van der Waals surface area contributed by atoms with Crippen LogP contribution < -0.4 is 4.40 Å². The van der Waals surface area contributed by atoms with E-state index in [0.29, 0.717) is 50.4 Å². The minimum Gasteiger partial charge on any atom is 0 e. The second kappa shape index (κ2) is 18.3. The molecule has 0 N–H and O–H groups in total. The molecular formula is C60H53GeIrN3O-2. The molecule has 4 nitrogen and oxygen atoms in total. The monoisotopic (exact) mass is 1100 g/mol. The number of nitrogens with zero attached hydrogens (tertiary/aromatic N) is 3. The molecule has 0 fully saturated rings. The first-order chi connectivity index (χ1) is 33.3. The van der Waals surface area contributed by atoms with Crippen molar-refractivity contribution in [2.75, 3.05) is 0 Å². The third-order valence-electron chi connectivity index (χ3n) is 12.3. The van der Waals surface area contributed by atoms with Gasteiger partial charge in [0.25, 0.3) is 0 Å². The van der Waals surface area contributed by atoms with Gasteiger partial charge < -0.3 is 8.98 Å². The molecule has 0 saturated carbocycles. The van der Waals surface area contributed by atoms with Crippen molar-refractivity contribution in [3.63, 3.8) is 0 Å². The molecule has 0 spiro atoms. The third-order valence-corrected chi connectivity index (χ3v) is 16.6. The van der Waals surface area contributed by atoms with Gasteiger partial charge in [0.1, 0.15) is 5.58 Å². The molecule has 0 aliphatic rings. The van der Waals surface area contributed by atoms with E-state index in [1.807, 2.05) is 136 Å². The van der Waals surface area contributed by atoms with Crippen LogP contribution in [0.5, 0.6) is 0 Å². The first kappa shape index (κ1) is 39.1. The number of aryl methyl sites for hydroxylation is 1. The zero-order valence-electron chi connectivity index (χ0n) is 43.2. The van der Waals surface area contributed by atoms with Gasteiger partial charge in [0.15, 0.2) is 0 Å². The van der Waals surface area contributed by atoms with Gasteiger partial charge in [-0.05, 0) is 98.3 Å². The summed E-state index contributed by atoms with van der Waals surface area (Å²) in [6, 6.07) is 58.7. The number of benzene rings is 8. The minimum absolute atomic E-state index is 0. The van der Waals surface area contributed by atoms with Crippen LogP contribution in [-0.4, -0.2) is 27.8 Å². The van der Waals surface area contributed by atoms with Crippen LogP contribution in [0.15, 0.2) is 168 Å². The fourth-order valence-electron chi connectivity index (χ4n) is 8.90. The Bertz CT molecular complexity index is 3720. The van der Waals surface area contributed by atoms with Gasteiger partial charge in [-0.25, -0.2) is 0 Å². The summed E-state index contributed by atoms with van der Waals surface area (Å²) in [6.45, 7) is 4.82. The largest absolute Gasteiger partial charge is 0 e. The van der Waals surface area contributed by atoms with Crippen molar-refractivity contribution in [3.05, 3.63) is 193 Å². The fraction of sp³-hybridized carbons (Fsp3) is 0.167. The maximum Gasteiger partial charge on any atom is 0 e. The van der Waals surface area contributed by atoms with E-state index < -0.39 is 31.9 Å². The topological polar surface area (TPSA) is 43.9 Å². The molecule has 6 heteroatoms. The van der Waals surface area contributed by atoms with Gasteiger partial charge in [-0.1, -0.05) is 118 Å². The Kier molecular flexibility index (Phi) is 10.8. The Hall–Kier alpha value is -6.11. The molecule has 0 bridgehead atoms. The van der Waals surface area contributed by atoms with Crippen LogP contribution in [0.1, 0.15) is 63.0 Å². The fourth-order valence-corrected chi connectivity index (χ4v) is 11.1. The standard InChI is InChI=1S/C46H37N2O.C14H16GeN.Ir/c1-27(2)37-24-33(30-14-7-6-8-15-30)25-38(28(3)4)44(37)48-43-29(5)13-11-20-41(43)47-46(48)36-19-12-18-35-40-23-32-22-21-31-16-9-10-17-34(31)39(32)26-42(40)49-45(35)36;1-15(2,3)13-9-10-14(16-11-13)12-7-5-4-6-8-12;/h6-18,20-28H,1-5H3;4-7,9-11H,1-3H3;/q2*-1;/i5D3,27D,28D;;. The Morgan fingerprint density at radius 2 is 1.39 bits per heavy atom. The van der Waals surface area contributed by atoms with E-state index in [0.717, 1.165) is 54.7 Å². The number of hydrogen-bond donors (Lipinski definition) is 0. The average molecular weight is 1100 g/mol. The van der Waals surface area contributed by atoms with Crippen molar-refractivity contribution in [2.45, 2.75) is 63.6 Å². The number of rotatable bonds is 7. The first-order valence-electron chi connectivity index (χ1n) is 24.6. The molecule has 11 rings (SSSR count). The molecule has 0 amide bonds. The predicted octanol–water partition coefficient (Wildman–Crippen LogP) is 16.0. The summed E-state index contributed by atoms with van der Waals surface area (Å²) in [5.74, 6) is 5.23. The maximum atomic E-state index is 9.54. The van der Waals surface area contributed by atoms with Gasteiger partial charge in [0, 0.05) is 38.0 Å². The van der Waals surface area contributed by atoms with Crippen molar-refractivity contribution in [1.82, 2.24) is 14.5 Å². The summed E-state index contributed by atoms with van der Waals surface area (Å²) in [7, 11) is 0. The molecule has 3 aromatic heterocycles. The number of fused-ring (bicyclic) bond motifs is 7. The average Bonchev–Trinajstić information content (AvgIpc) is 3.91. The van der Waals surface area contributed by atoms with Gasteiger partial charge in [0.2, 0.25) is 0 Å². The minimum atomic E-state index is -2.48. The van der Waals surface area contributed by atoms with E-state index in [1.54, 1.807) is 12.1 Å². The first-order valence-corrected chi connectivity index (χ1v) is 29.5. The van der Waals surface area contributed by atoms with Crippen LogP contribution in [0, 0.1) is 19.0 Å². The third kappa shape index (κ3) is 8.34. The Balaban J connectivity index is 0.000000313. The summed E-state index contributed by atoms with van der Waals surface area (Å²) in [5.41, 5.74) is 8.58. The Morgan fingerprint density at radius 1 is 0.652 bits per heavy atom. The van der Waals surface area contributed by atoms with E-state index in [2.05, 4.69) is 82.9 Å². The number of hydrogen-bond acceptors (Lipinski definition) is 3. The molecule has 66 heavy (non-hydrogen) atoms. The smallest absolute Gasteiger partial charge is 0 e. The summed E-state index contributed by atoms with van der Waals surface area (Å²) < 4.78 is 55.1. The molecule has 0 saturated heterocycles. The van der Waals surface area contributed by atoms with E-state index in [4.69, 9.17) is 13.5 Å². The zero-order chi connectivity index (χ0) is 49.3. The van der Waals surface area contributed by atoms with Gasteiger partial charge >= 0.3 is 99.8 Å². The van der Waals surface area contributed by atoms with Crippen LogP contribution in [0.4, 0.5) is 0 Å². The number of pyridine rings is 1. The maximum absolute atomic E-state index is 9.54. The van der Waals surface area contributed by atoms with Crippen molar-refractivity contribution < 1.29 is 31.4 Å². The number of para-hydroxylation sites is 1. The van der Waals surface area contributed by atoms with E-state index >= 15 is 0 Å². The summed E-state index contributed by atoms with van der Waals surface area (Å²) in [6.07, 6.45) is 2.04. The van der Waals surface area contributed by atoms with Crippen molar-refractivity contribution in [2.24, 2.45) is 0 Å². The van der Waals surface area contributed by atoms with E-state index in [9.17, 15) is 2.74 Å². The normalized spacial score (nSPS) is 13.4. The van der Waals surface area contributed by atoms with E-state index in [1.165, 1.54) is 4.40 Å².